The van der Waals surface area contributed by atoms with Crippen LogP contribution in [0.5, 0.6) is 0 Å². The molecule has 0 aromatic heterocycles. The maximum atomic E-state index is 14.4. The highest BCUT2D eigenvalue weighted by Crippen LogP contribution is 2.23. The molecule has 0 spiro atoms. The summed E-state index contributed by atoms with van der Waals surface area (Å²) in [6.45, 7) is 4.84. The van der Waals surface area contributed by atoms with Crippen molar-refractivity contribution in [3.63, 3.8) is 0 Å². The van der Waals surface area contributed by atoms with Crippen molar-refractivity contribution in [2.24, 2.45) is 0 Å². The lowest BCUT2D eigenvalue weighted by molar-refractivity contribution is 0.101. The molecule has 1 heterocycles. The van der Waals surface area contributed by atoms with Gasteiger partial charge in [-0.05, 0) is 42.8 Å². The third-order valence-electron chi connectivity index (χ3n) is 5.15. The Balaban J connectivity index is 1.64. The fourth-order valence-corrected chi connectivity index (χ4v) is 4.38. The predicted molar refractivity (Wildman–Crippen MR) is 111 cm³/mol. The third kappa shape index (κ3) is 4.83. The molecule has 0 bridgehead atoms. The van der Waals surface area contributed by atoms with Gasteiger partial charge >= 0.3 is 0 Å². The fraction of sp³-hybridized carbons (Fsp3) is 0.381. The highest BCUT2D eigenvalue weighted by atomic mass is 32.2. The number of benzene rings is 2. The van der Waals surface area contributed by atoms with Gasteiger partial charge in [0.05, 0.1) is 10.6 Å². The molecule has 0 saturated carbocycles. The Morgan fingerprint density at radius 3 is 2.34 bits per heavy atom. The van der Waals surface area contributed by atoms with Crippen LogP contribution in [-0.2, 0) is 16.6 Å². The number of piperazine rings is 1. The summed E-state index contributed by atoms with van der Waals surface area (Å²) in [6, 6.07) is 11.6. The lowest BCUT2D eigenvalue weighted by atomic mass is 10.1. The van der Waals surface area contributed by atoms with Crippen molar-refractivity contribution in [1.82, 2.24) is 9.21 Å². The molecule has 0 radical (unpaired) electrons. The van der Waals surface area contributed by atoms with E-state index in [1.165, 1.54) is 31.4 Å². The second kappa shape index (κ2) is 8.61. The Hall–Kier alpha value is -2.29. The van der Waals surface area contributed by atoms with E-state index in [4.69, 9.17) is 0 Å². The van der Waals surface area contributed by atoms with Crippen LogP contribution in [0, 0.1) is 5.82 Å². The van der Waals surface area contributed by atoms with Gasteiger partial charge in [-0.15, -0.1) is 0 Å². The average Bonchev–Trinajstić information content (AvgIpc) is 2.68. The summed E-state index contributed by atoms with van der Waals surface area (Å²) in [4.78, 5) is 15.9. The van der Waals surface area contributed by atoms with Crippen molar-refractivity contribution in [3.8, 4) is 0 Å². The maximum Gasteiger partial charge on any atom is 0.242 e. The summed E-state index contributed by atoms with van der Waals surface area (Å²) < 4.78 is 40.2. The molecule has 1 saturated heterocycles. The fourth-order valence-electron chi connectivity index (χ4n) is 3.40. The molecular formula is C21H26FN3O3S. The summed E-state index contributed by atoms with van der Waals surface area (Å²) >= 11 is 0. The van der Waals surface area contributed by atoms with Gasteiger partial charge in [0.25, 0.3) is 0 Å². The van der Waals surface area contributed by atoms with Crippen molar-refractivity contribution < 1.29 is 17.6 Å². The first-order chi connectivity index (χ1) is 13.7. The predicted octanol–water partition coefficient (Wildman–Crippen LogP) is 2.60. The van der Waals surface area contributed by atoms with E-state index in [1.807, 2.05) is 11.0 Å². The molecule has 0 N–H and O–H groups in total. The molecule has 3 rings (SSSR count). The van der Waals surface area contributed by atoms with E-state index >= 15 is 0 Å². The Morgan fingerprint density at radius 2 is 1.76 bits per heavy atom. The molecule has 0 amide bonds. The van der Waals surface area contributed by atoms with E-state index < -0.39 is 10.0 Å². The van der Waals surface area contributed by atoms with Crippen molar-refractivity contribution in [2.45, 2.75) is 18.4 Å². The first-order valence-corrected chi connectivity index (χ1v) is 10.9. The first-order valence-electron chi connectivity index (χ1n) is 9.48. The standard InChI is InChI=1S/C21H26FN3O3S/c1-16(26)18-7-8-21(20(22)14-18)25-11-9-24(10-12-25)15-17-5-4-6-19(13-17)29(27,28)23(2)3/h4-8,13-14H,9-12,15H2,1-3H3. The SMILES string of the molecule is CC(=O)c1ccc(N2CCN(Cc3cccc(S(=O)(=O)N(C)C)c3)CC2)c(F)c1. The van der Waals surface area contributed by atoms with E-state index in [1.54, 1.807) is 30.3 Å². The second-order valence-electron chi connectivity index (χ2n) is 7.42. The number of anilines is 1. The van der Waals surface area contributed by atoms with Gasteiger partial charge in [-0.1, -0.05) is 12.1 Å². The number of halogens is 1. The lowest BCUT2D eigenvalue weighted by Gasteiger charge is -2.36. The van der Waals surface area contributed by atoms with Crippen LogP contribution in [0.2, 0.25) is 0 Å². The van der Waals surface area contributed by atoms with Gasteiger partial charge in [-0.2, -0.15) is 0 Å². The van der Waals surface area contributed by atoms with Crippen LogP contribution in [0.4, 0.5) is 10.1 Å². The molecule has 0 aliphatic carbocycles. The Morgan fingerprint density at radius 1 is 1.07 bits per heavy atom. The number of sulfonamides is 1. The number of ketones is 1. The molecule has 1 aliphatic rings. The van der Waals surface area contributed by atoms with Crippen LogP contribution in [-0.4, -0.2) is 63.7 Å². The second-order valence-corrected chi connectivity index (χ2v) is 9.57. The van der Waals surface area contributed by atoms with Gasteiger partial charge in [0, 0.05) is 52.4 Å². The molecule has 6 nitrogen and oxygen atoms in total. The van der Waals surface area contributed by atoms with E-state index in [2.05, 4.69) is 4.90 Å². The molecule has 0 unspecified atom stereocenters. The molecule has 2 aromatic carbocycles. The largest absolute Gasteiger partial charge is 0.367 e. The molecule has 2 aromatic rings. The molecule has 1 fully saturated rings. The number of nitrogens with zero attached hydrogens (tertiary/aromatic N) is 3. The summed E-state index contributed by atoms with van der Waals surface area (Å²) in [7, 11) is -0.424. The van der Waals surface area contributed by atoms with Crippen LogP contribution >= 0.6 is 0 Å². The number of Topliss-reactive ketones (excluding diaryl/α,β-unsaturated/α-hetero) is 1. The molecule has 1 aliphatic heterocycles. The average molecular weight is 420 g/mol. The van der Waals surface area contributed by atoms with Gasteiger partial charge in [0.1, 0.15) is 5.82 Å². The first kappa shape index (κ1) is 21.4. The number of carbonyl (C=O) groups is 1. The highest BCUT2D eigenvalue weighted by Gasteiger charge is 2.21. The normalized spacial score (nSPS) is 15.7. The monoisotopic (exact) mass is 419 g/mol. The van der Waals surface area contributed by atoms with Crippen LogP contribution in [0.15, 0.2) is 47.4 Å². The minimum atomic E-state index is -3.46. The van der Waals surface area contributed by atoms with Crippen LogP contribution in [0.3, 0.4) is 0 Å². The topological polar surface area (TPSA) is 60.9 Å². The van der Waals surface area contributed by atoms with Crippen LogP contribution in [0.25, 0.3) is 0 Å². The van der Waals surface area contributed by atoms with Gasteiger partial charge < -0.3 is 4.90 Å². The minimum Gasteiger partial charge on any atom is -0.367 e. The molecule has 0 atom stereocenters. The number of hydrogen-bond acceptors (Lipinski definition) is 5. The number of hydrogen-bond donors (Lipinski definition) is 0. The Labute approximate surface area is 171 Å². The third-order valence-corrected chi connectivity index (χ3v) is 6.96. The van der Waals surface area contributed by atoms with Gasteiger partial charge in [-0.25, -0.2) is 17.1 Å². The summed E-state index contributed by atoms with van der Waals surface area (Å²) in [5.74, 6) is -0.536. The van der Waals surface area contributed by atoms with Crippen LogP contribution < -0.4 is 4.90 Å². The van der Waals surface area contributed by atoms with Crippen LogP contribution in [0.1, 0.15) is 22.8 Å². The lowest BCUT2D eigenvalue weighted by Crippen LogP contribution is -2.46. The quantitative estimate of drug-likeness (QED) is 0.674. The van der Waals surface area contributed by atoms with Gasteiger partial charge in [-0.3, -0.25) is 9.69 Å². The van der Waals surface area contributed by atoms with Crippen molar-refractivity contribution in [1.29, 1.82) is 0 Å². The number of rotatable bonds is 6. The molecule has 8 heteroatoms. The Bertz CT molecular complexity index is 1000. The molecular weight excluding hydrogens is 393 g/mol. The van der Waals surface area contributed by atoms with Crippen molar-refractivity contribution in [2.75, 3.05) is 45.2 Å². The van der Waals surface area contributed by atoms with Gasteiger partial charge in [0.2, 0.25) is 10.0 Å². The van der Waals surface area contributed by atoms with Crippen molar-refractivity contribution in [3.05, 3.63) is 59.4 Å². The highest BCUT2D eigenvalue weighted by molar-refractivity contribution is 7.89. The summed E-state index contributed by atoms with van der Waals surface area (Å²) in [6.07, 6.45) is 0. The van der Waals surface area contributed by atoms with E-state index in [0.29, 0.717) is 30.9 Å². The smallest absolute Gasteiger partial charge is 0.242 e. The molecule has 29 heavy (non-hydrogen) atoms. The summed E-state index contributed by atoms with van der Waals surface area (Å²) in [5.41, 5.74) is 1.81. The van der Waals surface area contributed by atoms with E-state index in [9.17, 15) is 17.6 Å². The van der Waals surface area contributed by atoms with Crippen molar-refractivity contribution >= 4 is 21.5 Å². The summed E-state index contributed by atoms with van der Waals surface area (Å²) in [5, 5.41) is 0. The minimum absolute atomic E-state index is 0.154. The number of carbonyl (C=O) groups excluding carboxylic acids is 1. The molecule has 156 valence electrons. The van der Waals surface area contributed by atoms with E-state index in [0.717, 1.165) is 18.7 Å². The maximum absolute atomic E-state index is 14.4. The zero-order valence-electron chi connectivity index (χ0n) is 16.9. The van der Waals surface area contributed by atoms with E-state index in [-0.39, 0.29) is 16.5 Å². The Kier molecular flexibility index (Phi) is 6.36. The zero-order chi connectivity index (χ0) is 21.2. The zero-order valence-corrected chi connectivity index (χ0v) is 17.7. The van der Waals surface area contributed by atoms with Gasteiger partial charge in [0.15, 0.2) is 5.78 Å².